The normalized spacial score (nSPS) is 30.6. The summed E-state index contributed by atoms with van der Waals surface area (Å²) >= 11 is 0. The van der Waals surface area contributed by atoms with Gasteiger partial charge in [-0.05, 0) is 70.1 Å². The van der Waals surface area contributed by atoms with E-state index in [0.717, 1.165) is 64.4 Å². The van der Waals surface area contributed by atoms with Gasteiger partial charge in [-0.2, -0.15) is 0 Å². The van der Waals surface area contributed by atoms with Crippen molar-refractivity contribution in [2.75, 3.05) is 13.2 Å². The Bertz CT molecular complexity index is 781. The van der Waals surface area contributed by atoms with Crippen LogP contribution >= 0.6 is 0 Å². The predicted molar refractivity (Wildman–Crippen MR) is 151 cm³/mol. The summed E-state index contributed by atoms with van der Waals surface area (Å²) in [6, 6.07) is 0. The summed E-state index contributed by atoms with van der Waals surface area (Å²) in [6.45, 7) is 7.64. The zero-order chi connectivity index (χ0) is 28.0. The van der Waals surface area contributed by atoms with Gasteiger partial charge in [0.25, 0.3) is 0 Å². The summed E-state index contributed by atoms with van der Waals surface area (Å²) in [5.74, 6) is -0.789. The molecule has 0 radical (unpaired) electrons. The number of hydrogen-bond acceptors (Lipinski definition) is 6. The first-order valence-electron chi connectivity index (χ1n) is 15.5. The number of carboxylic acid groups (broad SMARTS) is 1. The molecule has 1 aliphatic carbocycles. The molecule has 1 saturated carbocycles. The van der Waals surface area contributed by atoms with Crippen LogP contribution in [0.3, 0.4) is 0 Å². The number of Topliss-reactive ketones (excluding diaryl/α,β-unsaturated/α-hetero) is 1. The Hall–Kier alpha value is -1.54. The zero-order valence-corrected chi connectivity index (χ0v) is 24.4. The Balaban J connectivity index is 1.72. The van der Waals surface area contributed by atoms with Crippen molar-refractivity contribution in [2.24, 2.45) is 23.7 Å². The molecule has 2 heterocycles. The number of aliphatic carboxylic acids is 1. The van der Waals surface area contributed by atoms with E-state index in [4.69, 9.17) is 24.1 Å². The van der Waals surface area contributed by atoms with Crippen LogP contribution in [0.2, 0.25) is 0 Å². The van der Waals surface area contributed by atoms with E-state index in [2.05, 4.69) is 26.0 Å². The maximum absolute atomic E-state index is 13.2. The molecule has 3 aliphatic rings. The van der Waals surface area contributed by atoms with E-state index < -0.39 is 5.97 Å². The van der Waals surface area contributed by atoms with Gasteiger partial charge in [-0.25, -0.2) is 0 Å². The van der Waals surface area contributed by atoms with E-state index in [1.54, 1.807) is 6.92 Å². The number of rotatable bonds is 16. The average molecular weight is 549 g/mol. The molecule has 4 unspecified atom stereocenters. The number of hydrogen-bond donors (Lipinski definition) is 1. The fraction of sp³-hybridized carbons (Fsp3) is 0.812. The molecular weight excluding hydrogens is 496 g/mol. The van der Waals surface area contributed by atoms with Crippen molar-refractivity contribution in [3.05, 3.63) is 24.3 Å². The third kappa shape index (κ3) is 10.8. The van der Waals surface area contributed by atoms with Crippen molar-refractivity contribution in [2.45, 2.75) is 129 Å². The van der Waals surface area contributed by atoms with Crippen LogP contribution in [0, 0.1) is 23.7 Å². The third-order valence-electron chi connectivity index (χ3n) is 8.46. The molecule has 2 saturated heterocycles. The van der Waals surface area contributed by atoms with Gasteiger partial charge in [-0.3, -0.25) is 9.59 Å². The average Bonchev–Trinajstić information content (AvgIpc) is 3.23. The summed E-state index contributed by atoms with van der Waals surface area (Å²) < 4.78 is 24.7. The molecule has 7 nitrogen and oxygen atoms in total. The van der Waals surface area contributed by atoms with Crippen molar-refractivity contribution in [1.82, 2.24) is 0 Å². The largest absolute Gasteiger partial charge is 0.481 e. The summed E-state index contributed by atoms with van der Waals surface area (Å²) in [5, 5.41) is 9.12. The first-order chi connectivity index (χ1) is 18.9. The number of ketones is 1. The fourth-order valence-electron chi connectivity index (χ4n) is 5.78. The highest BCUT2D eigenvalue weighted by molar-refractivity contribution is 5.85. The Morgan fingerprint density at radius 2 is 1.77 bits per heavy atom. The van der Waals surface area contributed by atoms with Crippen molar-refractivity contribution < 1.29 is 33.6 Å². The van der Waals surface area contributed by atoms with Crippen molar-refractivity contribution >= 4 is 11.8 Å². The van der Waals surface area contributed by atoms with Gasteiger partial charge in [-0.15, -0.1) is 0 Å². The number of carbonyl (C=O) groups excluding carboxylic acids is 1. The van der Waals surface area contributed by atoms with E-state index in [-0.39, 0.29) is 48.3 Å². The SMILES string of the molecule is CCCCC(C)[C@H](/C=C/[C@H]1[C@H](OC2CCCCO2)CC(=O)[C@@H]1C/C=C\CCC(C)C(=O)O)OC1CCCCO1. The van der Waals surface area contributed by atoms with Crippen LogP contribution in [0.15, 0.2) is 24.3 Å². The monoisotopic (exact) mass is 548 g/mol. The standard InChI is InChI=1S/C32H52O7/c1-4-5-13-23(2)28(38-30-16-9-11-20-36-30)19-18-26-25(15-8-6-7-14-24(3)32(34)35)27(33)22-29(26)39-31-17-10-12-21-37-31/h6,8,18-19,23-26,28-31H,4-5,7,9-17,20-22H2,1-3H3,(H,34,35)/b8-6-,19-18+/t23?,24?,25-,26-,28+,29-,30?,31?/m1/s1. The molecule has 3 fully saturated rings. The smallest absolute Gasteiger partial charge is 0.306 e. The molecule has 0 aromatic carbocycles. The number of carbonyl (C=O) groups is 2. The molecular formula is C32H52O7. The molecule has 222 valence electrons. The Morgan fingerprint density at radius 3 is 2.41 bits per heavy atom. The van der Waals surface area contributed by atoms with E-state index in [0.29, 0.717) is 38.2 Å². The quantitative estimate of drug-likeness (QED) is 0.211. The maximum atomic E-state index is 13.2. The lowest BCUT2D eigenvalue weighted by molar-refractivity contribution is -0.193. The number of ether oxygens (including phenoxy) is 4. The van der Waals surface area contributed by atoms with Gasteiger partial charge in [0, 0.05) is 31.5 Å². The van der Waals surface area contributed by atoms with Crippen molar-refractivity contribution in [3.63, 3.8) is 0 Å². The highest BCUT2D eigenvalue weighted by Gasteiger charge is 2.42. The van der Waals surface area contributed by atoms with Gasteiger partial charge in [0.05, 0.1) is 18.1 Å². The second-order valence-corrected chi connectivity index (χ2v) is 11.7. The van der Waals surface area contributed by atoms with E-state index >= 15 is 0 Å². The van der Waals surface area contributed by atoms with Gasteiger partial charge in [0.15, 0.2) is 12.6 Å². The Morgan fingerprint density at radius 1 is 1.05 bits per heavy atom. The topological polar surface area (TPSA) is 91.3 Å². The minimum absolute atomic E-state index is 0.0534. The fourth-order valence-corrected chi connectivity index (χ4v) is 5.78. The molecule has 3 rings (SSSR count). The van der Waals surface area contributed by atoms with Gasteiger partial charge >= 0.3 is 5.97 Å². The van der Waals surface area contributed by atoms with Crippen LogP contribution in [0.4, 0.5) is 0 Å². The van der Waals surface area contributed by atoms with Crippen LogP contribution in [0.5, 0.6) is 0 Å². The van der Waals surface area contributed by atoms with E-state index in [1.165, 1.54) is 0 Å². The van der Waals surface area contributed by atoms with Crippen LogP contribution in [0.1, 0.15) is 104 Å². The molecule has 1 N–H and O–H groups in total. The Labute approximate surface area is 235 Å². The maximum Gasteiger partial charge on any atom is 0.306 e. The highest BCUT2D eigenvalue weighted by Crippen LogP contribution is 2.37. The second-order valence-electron chi connectivity index (χ2n) is 11.7. The molecule has 0 aromatic rings. The lowest BCUT2D eigenvalue weighted by Gasteiger charge is -2.31. The van der Waals surface area contributed by atoms with E-state index in [9.17, 15) is 9.59 Å². The second kappa shape index (κ2) is 17.3. The first kappa shape index (κ1) is 32.0. The number of unbranched alkanes of at least 4 members (excludes halogenated alkanes) is 1. The van der Waals surface area contributed by atoms with Crippen LogP contribution in [-0.2, 0) is 28.5 Å². The number of carboxylic acids is 1. The molecule has 39 heavy (non-hydrogen) atoms. The molecule has 0 aromatic heterocycles. The van der Waals surface area contributed by atoms with Crippen molar-refractivity contribution in [3.8, 4) is 0 Å². The minimum Gasteiger partial charge on any atom is -0.481 e. The van der Waals surface area contributed by atoms with Crippen molar-refractivity contribution in [1.29, 1.82) is 0 Å². The molecule has 2 aliphatic heterocycles. The lowest BCUT2D eigenvalue weighted by atomic mass is 9.88. The summed E-state index contributed by atoms with van der Waals surface area (Å²) in [5.41, 5.74) is 0. The van der Waals surface area contributed by atoms with Gasteiger partial charge in [-0.1, -0.05) is 57.9 Å². The summed E-state index contributed by atoms with van der Waals surface area (Å²) in [7, 11) is 0. The minimum atomic E-state index is -0.770. The van der Waals surface area contributed by atoms with Gasteiger partial charge in [0.1, 0.15) is 5.78 Å². The first-order valence-corrected chi connectivity index (χ1v) is 15.5. The van der Waals surface area contributed by atoms with E-state index in [1.807, 2.05) is 12.2 Å². The zero-order valence-electron chi connectivity index (χ0n) is 24.4. The third-order valence-corrected chi connectivity index (χ3v) is 8.46. The van der Waals surface area contributed by atoms with Gasteiger partial charge in [0.2, 0.25) is 0 Å². The molecule has 0 spiro atoms. The summed E-state index contributed by atoms with van der Waals surface area (Å²) in [6.07, 6.45) is 19.5. The number of allylic oxidation sites excluding steroid dienone is 2. The van der Waals surface area contributed by atoms with Crippen LogP contribution in [0.25, 0.3) is 0 Å². The predicted octanol–water partition coefficient (Wildman–Crippen LogP) is 6.84. The Kier molecular flexibility index (Phi) is 14.2. The van der Waals surface area contributed by atoms with Gasteiger partial charge < -0.3 is 24.1 Å². The van der Waals surface area contributed by atoms with Crippen LogP contribution in [-0.4, -0.2) is 54.9 Å². The molecule has 0 amide bonds. The highest BCUT2D eigenvalue weighted by atomic mass is 16.7. The summed E-state index contributed by atoms with van der Waals surface area (Å²) in [4.78, 5) is 24.3. The molecule has 7 heteroatoms. The van der Waals surface area contributed by atoms with Crippen LogP contribution < -0.4 is 0 Å². The molecule has 8 atom stereocenters. The lowest BCUT2D eigenvalue weighted by Crippen LogP contribution is -2.32. The molecule has 0 bridgehead atoms.